The number of benzene rings is 1. The Balaban J connectivity index is 1.80. The molecule has 0 amide bonds. The summed E-state index contributed by atoms with van der Waals surface area (Å²) in [4.78, 5) is 22.2. The van der Waals surface area contributed by atoms with Crippen LogP contribution in [0.1, 0.15) is 52.3 Å². The number of carbonyl (C=O) groups excluding carboxylic acids is 1. The van der Waals surface area contributed by atoms with Crippen molar-refractivity contribution in [3.8, 4) is 11.7 Å². The van der Waals surface area contributed by atoms with E-state index < -0.39 is 0 Å². The van der Waals surface area contributed by atoms with Crippen molar-refractivity contribution >= 4 is 11.6 Å². The second kappa shape index (κ2) is 7.66. The highest BCUT2D eigenvalue weighted by atomic mass is 16.5. The summed E-state index contributed by atoms with van der Waals surface area (Å²) in [5.74, 6) is 2.10. The number of hydrogen-bond acceptors (Lipinski definition) is 6. The second-order valence-corrected chi connectivity index (χ2v) is 7.36. The summed E-state index contributed by atoms with van der Waals surface area (Å²) in [5, 5.41) is 7.91. The van der Waals surface area contributed by atoms with Gasteiger partial charge in [-0.1, -0.05) is 12.1 Å². The Morgan fingerprint density at radius 1 is 1.14 bits per heavy atom. The summed E-state index contributed by atoms with van der Waals surface area (Å²) in [6.45, 7) is 6.55. The molecule has 150 valence electrons. The van der Waals surface area contributed by atoms with E-state index in [0.29, 0.717) is 36.7 Å². The molecule has 4 rings (SSSR count). The number of aromatic nitrogens is 4. The third-order valence-electron chi connectivity index (χ3n) is 5.22. The number of methoxy groups -OCH3 is 1. The van der Waals surface area contributed by atoms with Gasteiger partial charge in [0.05, 0.1) is 18.4 Å². The largest absolute Gasteiger partial charge is 0.497 e. The van der Waals surface area contributed by atoms with E-state index in [0.717, 1.165) is 28.4 Å². The SMILES string of the molecule is CCNc1nn(-c2nc(C)cc(C)n2)c2c1C(=O)C[C@H](c1ccc(OC)cc1)C2. The predicted octanol–water partition coefficient (Wildman–Crippen LogP) is 3.63. The van der Waals surface area contributed by atoms with Crippen LogP contribution in [0.4, 0.5) is 5.82 Å². The van der Waals surface area contributed by atoms with Crippen molar-refractivity contribution in [2.75, 3.05) is 19.0 Å². The molecule has 7 heteroatoms. The van der Waals surface area contributed by atoms with Gasteiger partial charge in [0.25, 0.3) is 5.95 Å². The molecule has 29 heavy (non-hydrogen) atoms. The highest BCUT2D eigenvalue weighted by Crippen LogP contribution is 2.37. The minimum Gasteiger partial charge on any atom is -0.497 e. The number of carbonyl (C=O) groups is 1. The zero-order valence-corrected chi connectivity index (χ0v) is 17.2. The van der Waals surface area contributed by atoms with Gasteiger partial charge in [-0.15, -0.1) is 5.10 Å². The van der Waals surface area contributed by atoms with Gasteiger partial charge in [-0.25, -0.2) is 14.6 Å². The number of hydrogen-bond donors (Lipinski definition) is 1. The average molecular weight is 391 g/mol. The van der Waals surface area contributed by atoms with Crippen LogP contribution in [0.15, 0.2) is 30.3 Å². The Labute approximate surface area is 170 Å². The number of ether oxygens (including phenoxy) is 1. The first-order chi connectivity index (χ1) is 14.0. The molecule has 7 nitrogen and oxygen atoms in total. The predicted molar refractivity (Wildman–Crippen MR) is 111 cm³/mol. The fourth-order valence-corrected chi connectivity index (χ4v) is 3.94. The maximum absolute atomic E-state index is 13.1. The van der Waals surface area contributed by atoms with Crippen molar-refractivity contribution in [1.29, 1.82) is 0 Å². The number of nitrogens with zero attached hydrogens (tertiary/aromatic N) is 4. The van der Waals surface area contributed by atoms with Crippen LogP contribution in [0.25, 0.3) is 5.95 Å². The van der Waals surface area contributed by atoms with Gasteiger partial charge < -0.3 is 10.1 Å². The molecule has 3 aromatic rings. The minimum absolute atomic E-state index is 0.0803. The number of aryl methyl sites for hydroxylation is 2. The smallest absolute Gasteiger partial charge is 0.251 e. The monoisotopic (exact) mass is 391 g/mol. The zero-order valence-electron chi connectivity index (χ0n) is 17.2. The molecule has 0 radical (unpaired) electrons. The van der Waals surface area contributed by atoms with E-state index in [1.807, 2.05) is 51.1 Å². The van der Waals surface area contributed by atoms with E-state index in [1.165, 1.54) is 0 Å². The Morgan fingerprint density at radius 3 is 2.45 bits per heavy atom. The highest BCUT2D eigenvalue weighted by molar-refractivity contribution is 6.03. The molecule has 0 aliphatic heterocycles. The van der Waals surface area contributed by atoms with E-state index in [-0.39, 0.29) is 11.7 Å². The number of anilines is 1. The van der Waals surface area contributed by atoms with Crippen LogP contribution in [0.3, 0.4) is 0 Å². The van der Waals surface area contributed by atoms with Gasteiger partial charge in [0.2, 0.25) is 0 Å². The van der Waals surface area contributed by atoms with Gasteiger partial charge in [0, 0.05) is 24.4 Å². The maximum atomic E-state index is 13.1. The van der Waals surface area contributed by atoms with Crippen LogP contribution in [-0.4, -0.2) is 39.2 Å². The molecule has 1 aromatic carbocycles. The van der Waals surface area contributed by atoms with Crippen LogP contribution in [0.2, 0.25) is 0 Å². The number of ketones is 1. The van der Waals surface area contributed by atoms with Gasteiger partial charge in [-0.05, 0) is 56.9 Å². The normalized spacial score (nSPS) is 15.9. The summed E-state index contributed by atoms with van der Waals surface area (Å²) < 4.78 is 6.99. The second-order valence-electron chi connectivity index (χ2n) is 7.36. The molecule has 1 aliphatic rings. The molecule has 0 spiro atoms. The van der Waals surface area contributed by atoms with E-state index in [2.05, 4.69) is 20.4 Å². The summed E-state index contributed by atoms with van der Waals surface area (Å²) in [5.41, 5.74) is 4.39. The highest BCUT2D eigenvalue weighted by Gasteiger charge is 2.34. The topological polar surface area (TPSA) is 81.9 Å². The van der Waals surface area contributed by atoms with Gasteiger partial charge in [0.15, 0.2) is 11.6 Å². The first-order valence-corrected chi connectivity index (χ1v) is 9.85. The molecule has 0 fully saturated rings. The summed E-state index contributed by atoms with van der Waals surface area (Å²) in [6.07, 6.45) is 1.15. The molecule has 2 heterocycles. The van der Waals surface area contributed by atoms with Crippen molar-refractivity contribution < 1.29 is 9.53 Å². The first-order valence-electron chi connectivity index (χ1n) is 9.85. The Kier molecular flexibility index (Phi) is 5.05. The van der Waals surface area contributed by atoms with E-state index in [9.17, 15) is 4.79 Å². The Morgan fingerprint density at radius 2 is 1.83 bits per heavy atom. The van der Waals surface area contributed by atoms with Crippen LogP contribution in [0.5, 0.6) is 5.75 Å². The van der Waals surface area contributed by atoms with E-state index in [4.69, 9.17) is 4.74 Å². The van der Waals surface area contributed by atoms with Gasteiger partial charge >= 0.3 is 0 Å². The lowest BCUT2D eigenvalue weighted by Crippen LogP contribution is -2.21. The fourth-order valence-electron chi connectivity index (χ4n) is 3.94. The summed E-state index contributed by atoms with van der Waals surface area (Å²) >= 11 is 0. The molecule has 2 aromatic heterocycles. The standard InChI is InChI=1S/C22H25N5O2/c1-5-23-21-20-18(27(26-21)22-24-13(2)10-14(3)25-22)11-16(12-19(20)28)15-6-8-17(29-4)9-7-15/h6-10,16H,5,11-12H2,1-4H3,(H,23,26)/t16-/m1/s1. The number of rotatable bonds is 5. The summed E-state index contributed by atoms with van der Waals surface area (Å²) in [7, 11) is 1.65. The molecule has 0 saturated carbocycles. The quantitative estimate of drug-likeness (QED) is 0.715. The van der Waals surface area contributed by atoms with Gasteiger partial charge in [0.1, 0.15) is 5.75 Å². The number of nitrogens with one attached hydrogen (secondary N) is 1. The average Bonchev–Trinajstić information content (AvgIpc) is 3.06. The van der Waals surface area contributed by atoms with Crippen molar-refractivity contribution in [3.63, 3.8) is 0 Å². The van der Waals surface area contributed by atoms with Crippen LogP contribution >= 0.6 is 0 Å². The van der Waals surface area contributed by atoms with Crippen molar-refractivity contribution in [3.05, 3.63) is 58.5 Å². The molecular formula is C22H25N5O2. The third-order valence-corrected chi connectivity index (χ3v) is 5.22. The maximum Gasteiger partial charge on any atom is 0.251 e. The minimum atomic E-state index is 0.0803. The van der Waals surface area contributed by atoms with Gasteiger partial charge in [-0.2, -0.15) is 0 Å². The molecule has 0 saturated heterocycles. The van der Waals surface area contributed by atoms with Gasteiger partial charge in [-0.3, -0.25) is 4.79 Å². The van der Waals surface area contributed by atoms with Crippen LogP contribution < -0.4 is 10.1 Å². The number of Topliss-reactive ketones (excluding diaryl/α,β-unsaturated/α-hetero) is 1. The lowest BCUT2D eigenvalue weighted by Gasteiger charge is -2.23. The lowest BCUT2D eigenvalue weighted by molar-refractivity contribution is 0.0964. The molecule has 0 bridgehead atoms. The third kappa shape index (κ3) is 3.60. The number of fused-ring (bicyclic) bond motifs is 1. The van der Waals surface area contributed by atoms with Crippen LogP contribution in [0, 0.1) is 13.8 Å². The van der Waals surface area contributed by atoms with E-state index in [1.54, 1.807) is 11.8 Å². The van der Waals surface area contributed by atoms with Crippen LogP contribution in [-0.2, 0) is 6.42 Å². The van der Waals surface area contributed by atoms with Crippen molar-refractivity contribution in [2.24, 2.45) is 0 Å². The van der Waals surface area contributed by atoms with E-state index >= 15 is 0 Å². The fraction of sp³-hybridized carbons (Fsp3) is 0.364. The molecule has 0 unspecified atom stereocenters. The molecule has 1 atom stereocenters. The molecule has 1 N–H and O–H groups in total. The summed E-state index contributed by atoms with van der Waals surface area (Å²) in [6, 6.07) is 9.85. The zero-order chi connectivity index (χ0) is 20.5. The lowest BCUT2D eigenvalue weighted by atomic mass is 9.82. The van der Waals surface area contributed by atoms with Crippen molar-refractivity contribution in [1.82, 2.24) is 19.7 Å². The van der Waals surface area contributed by atoms with Crippen molar-refractivity contribution in [2.45, 2.75) is 39.5 Å². The molecule has 1 aliphatic carbocycles. The first kappa shape index (κ1) is 19.1. The molecular weight excluding hydrogens is 366 g/mol. The Bertz CT molecular complexity index is 1040. The Hall–Kier alpha value is -3.22.